The number of benzene rings is 1. The Morgan fingerprint density at radius 2 is 2.00 bits per heavy atom. The SMILES string of the molecule is O=C(Cl)c1nonc1-c1cccc(C(F)(F)F)c1. The van der Waals surface area contributed by atoms with Crippen molar-refractivity contribution >= 4 is 16.8 Å². The van der Waals surface area contributed by atoms with Gasteiger partial charge in [-0.05, 0) is 34.0 Å². The molecule has 0 aliphatic heterocycles. The third kappa shape index (κ3) is 2.35. The van der Waals surface area contributed by atoms with Crippen LogP contribution in [0.2, 0.25) is 0 Å². The van der Waals surface area contributed by atoms with E-state index in [2.05, 4.69) is 14.9 Å². The van der Waals surface area contributed by atoms with Crippen molar-refractivity contribution in [3.63, 3.8) is 0 Å². The molecule has 2 rings (SSSR count). The molecule has 0 aliphatic rings. The minimum absolute atomic E-state index is 0.0510. The van der Waals surface area contributed by atoms with Crippen LogP contribution in [0, 0.1) is 0 Å². The first-order chi connectivity index (χ1) is 8.39. The standard InChI is InChI=1S/C10H4ClF3N2O2/c11-9(17)8-7(15-18-16-8)5-2-1-3-6(4-5)10(12,13)14/h1-4H. The van der Waals surface area contributed by atoms with Gasteiger partial charge < -0.3 is 0 Å². The summed E-state index contributed by atoms with van der Waals surface area (Å²) < 4.78 is 41.8. The molecule has 1 aromatic carbocycles. The van der Waals surface area contributed by atoms with Crippen LogP contribution < -0.4 is 0 Å². The van der Waals surface area contributed by atoms with Crippen molar-refractivity contribution in [2.75, 3.05) is 0 Å². The smallest absolute Gasteiger partial charge is 0.274 e. The van der Waals surface area contributed by atoms with Gasteiger partial charge in [-0.25, -0.2) is 4.63 Å². The quantitative estimate of drug-likeness (QED) is 0.791. The van der Waals surface area contributed by atoms with Gasteiger partial charge in [0.15, 0.2) is 5.69 Å². The molecule has 0 aliphatic carbocycles. The van der Waals surface area contributed by atoms with E-state index in [0.29, 0.717) is 0 Å². The maximum Gasteiger partial charge on any atom is 0.416 e. The molecule has 2 aromatic rings. The van der Waals surface area contributed by atoms with Crippen LogP contribution in [-0.4, -0.2) is 15.6 Å². The van der Waals surface area contributed by atoms with Crippen molar-refractivity contribution in [2.45, 2.75) is 6.18 Å². The minimum atomic E-state index is -4.49. The molecule has 0 saturated carbocycles. The highest BCUT2D eigenvalue weighted by molar-refractivity contribution is 6.67. The predicted octanol–water partition coefficient (Wildman–Crippen LogP) is 3.13. The van der Waals surface area contributed by atoms with Crippen molar-refractivity contribution in [2.24, 2.45) is 0 Å². The van der Waals surface area contributed by atoms with E-state index in [9.17, 15) is 18.0 Å². The van der Waals surface area contributed by atoms with Crippen LogP contribution in [0.5, 0.6) is 0 Å². The van der Waals surface area contributed by atoms with Gasteiger partial charge in [0.2, 0.25) is 0 Å². The van der Waals surface area contributed by atoms with Gasteiger partial charge in [-0.2, -0.15) is 13.2 Å². The van der Waals surface area contributed by atoms with Crippen LogP contribution in [0.15, 0.2) is 28.9 Å². The number of hydrogen-bond acceptors (Lipinski definition) is 4. The second-order valence-corrected chi connectivity index (χ2v) is 3.66. The summed E-state index contributed by atoms with van der Waals surface area (Å²) in [5.41, 5.74) is -1.26. The second kappa shape index (κ2) is 4.41. The fourth-order valence-electron chi connectivity index (χ4n) is 1.35. The van der Waals surface area contributed by atoms with Gasteiger partial charge in [-0.1, -0.05) is 12.1 Å². The molecule has 0 saturated heterocycles. The fraction of sp³-hybridized carbons (Fsp3) is 0.100. The second-order valence-electron chi connectivity index (χ2n) is 3.31. The molecule has 0 fully saturated rings. The number of aromatic nitrogens is 2. The number of nitrogens with zero attached hydrogens (tertiary/aromatic N) is 2. The predicted molar refractivity (Wildman–Crippen MR) is 54.9 cm³/mol. The third-order valence-electron chi connectivity index (χ3n) is 2.14. The van der Waals surface area contributed by atoms with E-state index < -0.39 is 17.0 Å². The summed E-state index contributed by atoms with van der Waals surface area (Å²) in [7, 11) is 0. The molecular formula is C10H4ClF3N2O2. The van der Waals surface area contributed by atoms with Crippen LogP contribution in [0.25, 0.3) is 11.3 Å². The van der Waals surface area contributed by atoms with E-state index >= 15 is 0 Å². The van der Waals surface area contributed by atoms with Crippen molar-refractivity contribution in [1.29, 1.82) is 0 Å². The van der Waals surface area contributed by atoms with Crippen molar-refractivity contribution < 1.29 is 22.6 Å². The van der Waals surface area contributed by atoms with Crippen LogP contribution in [0.4, 0.5) is 13.2 Å². The summed E-state index contributed by atoms with van der Waals surface area (Å²) in [6.45, 7) is 0. The normalized spacial score (nSPS) is 11.6. The summed E-state index contributed by atoms with van der Waals surface area (Å²) >= 11 is 5.21. The lowest BCUT2D eigenvalue weighted by Crippen LogP contribution is -2.04. The maximum absolute atomic E-state index is 12.5. The molecule has 0 bridgehead atoms. The van der Waals surface area contributed by atoms with Gasteiger partial charge in [0.25, 0.3) is 5.24 Å². The lowest BCUT2D eigenvalue weighted by molar-refractivity contribution is -0.137. The van der Waals surface area contributed by atoms with E-state index in [-0.39, 0.29) is 17.0 Å². The van der Waals surface area contributed by atoms with E-state index in [0.717, 1.165) is 12.1 Å². The molecule has 18 heavy (non-hydrogen) atoms. The minimum Gasteiger partial charge on any atom is -0.274 e. The highest BCUT2D eigenvalue weighted by Gasteiger charge is 2.31. The zero-order valence-corrected chi connectivity index (χ0v) is 9.29. The van der Waals surface area contributed by atoms with Crippen molar-refractivity contribution in [1.82, 2.24) is 10.3 Å². The number of rotatable bonds is 2. The number of hydrogen-bond donors (Lipinski definition) is 0. The molecule has 0 radical (unpaired) electrons. The number of halogens is 4. The highest BCUT2D eigenvalue weighted by Crippen LogP contribution is 2.32. The Morgan fingerprint density at radius 1 is 1.28 bits per heavy atom. The number of carbonyl (C=O) groups is 1. The van der Waals surface area contributed by atoms with Crippen LogP contribution >= 0.6 is 11.6 Å². The molecule has 0 unspecified atom stereocenters. The molecule has 0 N–H and O–H groups in total. The highest BCUT2D eigenvalue weighted by atomic mass is 35.5. The van der Waals surface area contributed by atoms with Crippen LogP contribution in [0.3, 0.4) is 0 Å². The molecule has 8 heteroatoms. The Morgan fingerprint density at radius 3 is 2.61 bits per heavy atom. The van der Waals surface area contributed by atoms with E-state index in [1.54, 1.807) is 0 Å². The zero-order valence-electron chi connectivity index (χ0n) is 8.53. The molecule has 94 valence electrons. The Bertz CT molecular complexity index is 595. The van der Waals surface area contributed by atoms with E-state index in [1.165, 1.54) is 12.1 Å². The van der Waals surface area contributed by atoms with E-state index in [1.807, 2.05) is 0 Å². The maximum atomic E-state index is 12.5. The summed E-state index contributed by atoms with van der Waals surface area (Å²) in [4.78, 5) is 11.0. The summed E-state index contributed by atoms with van der Waals surface area (Å²) in [6.07, 6.45) is -4.49. The van der Waals surface area contributed by atoms with Crippen LogP contribution in [-0.2, 0) is 6.18 Å². The van der Waals surface area contributed by atoms with Crippen LogP contribution in [0.1, 0.15) is 16.1 Å². The molecule has 1 heterocycles. The first-order valence-corrected chi connectivity index (χ1v) is 4.97. The van der Waals surface area contributed by atoms with Crippen molar-refractivity contribution in [3.05, 3.63) is 35.5 Å². The van der Waals surface area contributed by atoms with Gasteiger partial charge in [0.1, 0.15) is 5.69 Å². The largest absolute Gasteiger partial charge is 0.416 e. The van der Waals surface area contributed by atoms with Gasteiger partial charge in [0, 0.05) is 5.56 Å². The molecular weight excluding hydrogens is 273 g/mol. The first kappa shape index (κ1) is 12.6. The Hall–Kier alpha value is -1.89. The lowest BCUT2D eigenvalue weighted by atomic mass is 10.1. The zero-order chi connectivity index (χ0) is 13.3. The number of carbonyl (C=O) groups excluding carboxylic acids is 1. The van der Waals surface area contributed by atoms with Gasteiger partial charge >= 0.3 is 6.18 Å². The first-order valence-electron chi connectivity index (χ1n) is 4.59. The molecule has 4 nitrogen and oxygen atoms in total. The molecule has 0 spiro atoms. The Labute approximate surface area is 103 Å². The van der Waals surface area contributed by atoms with Gasteiger partial charge in [0.05, 0.1) is 5.56 Å². The summed E-state index contributed by atoms with van der Waals surface area (Å²) in [5, 5.41) is 5.65. The Balaban J connectivity index is 2.52. The monoisotopic (exact) mass is 276 g/mol. The number of alkyl halides is 3. The average molecular weight is 277 g/mol. The van der Waals surface area contributed by atoms with Gasteiger partial charge in [-0.15, -0.1) is 0 Å². The molecule has 0 atom stereocenters. The fourth-order valence-corrected chi connectivity index (χ4v) is 1.47. The summed E-state index contributed by atoms with van der Waals surface area (Å²) in [5.74, 6) is 0. The summed E-state index contributed by atoms with van der Waals surface area (Å²) in [6, 6.07) is 4.27. The van der Waals surface area contributed by atoms with E-state index in [4.69, 9.17) is 11.6 Å². The third-order valence-corrected chi connectivity index (χ3v) is 2.32. The van der Waals surface area contributed by atoms with Gasteiger partial charge in [-0.3, -0.25) is 4.79 Å². The van der Waals surface area contributed by atoms with Crippen molar-refractivity contribution in [3.8, 4) is 11.3 Å². The molecule has 1 aromatic heterocycles. The average Bonchev–Trinajstić information content (AvgIpc) is 2.77. The topological polar surface area (TPSA) is 56.0 Å². The Kier molecular flexibility index (Phi) is 3.08. The lowest BCUT2D eigenvalue weighted by Gasteiger charge is -2.07. The molecule has 0 amide bonds.